The van der Waals surface area contributed by atoms with Gasteiger partial charge in [0.05, 0.1) is 0 Å². The summed E-state index contributed by atoms with van der Waals surface area (Å²) in [5.74, 6) is -3.47. The molecule has 2 aromatic carbocycles. The lowest BCUT2D eigenvalue weighted by atomic mass is 10.1. The quantitative estimate of drug-likeness (QED) is 0.606. The number of carboxylic acid groups (broad SMARTS) is 1. The highest BCUT2D eigenvalue weighted by atomic mass is 35.5. The fourth-order valence-electron chi connectivity index (χ4n) is 2.95. The van der Waals surface area contributed by atoms with E-state index in [0.29, 0.717) is 16.7 Å². The molecule has 1 heterocycles. The van der Waals surface area contributed by atoms with Crippen molar-refractivity contribution in [1.29, 1.82) is 0 Å². The summed E-state index contributed by atoms with van der Waals surface area (Å²) in [4.78, 5) is 29.3. The average Bonchev–Trinajstić information content (AvgIpc) is 2.70. The highest BCUT2D eigenvalue weighted by Gasteiger charge is 2.20. The maximum Gasteiger partial charge on any atom is 0.354 e. The number of hydrogen-bond donors (Lipinski definition) is 1. The maximum absolute atomic E-state index is 13.6. The topological polar surface area (TPSA) is 70.5 Å². The largest absolute Gasteiger partial charge is 0.477 e. The van der Waals surface area contributed by atoms with Crippen molar-refractivity contribution in [3.63, 3.8) is 0 Å². The number of pyridine rings is 1. The van der Waals surface area contributed by atoms with Crippen LogP contribution in [0.1, 0.15) is 37.5 Å². The van der Waals surface area contributed by atoms with Crippen molar-refractivity contribution in [2.75, 3.05) is 0 Å². The summed E-state index contributed by atoms with van der Waals surface area (Å²) in [6.45, 7) is 1.99. The zero-order valence-corrected chi connectivity index (χ0v) is 16.7. The molecule has 3 rings (SSSR count). The van der Waals surface area contributed by atoms with Crippen molar-refractivity contribution in [1.82, 2.24) is 9.88 Å². The first kappa shape index (κ1) is 21.4. The number of aromatic nitrogens is 1. The van der Waals surface area contributed by atoms with Crippen LogP contribution in [0.4, 0.5) is 8.78 Å². The van der Waals surface area contributed by atoms with Gasteiger partial charge < -0.3 is 10.0 Å². The molecule has 0 spiro atoms. The van der Waals surface area contributed by atoms with E-state index in [0.717, 1.165) is 23.3 Å². The van der Waals surface area contributed by atoms with Crippen LogP contribution in [0.5, 0.6) is 0 Å². The molecule has 0 fully saturated rings. The number of nitrogens with zero attached hydrogens (tertiary/aromatic N) is 2. The van der Waals surface area contributed by atoms with Crippen LogP contribution in [0.3, 0.4) is 0 Å². The smallest absolute Gasteiger partial charge is 0.354 e. The molecule has 30 heavy (non-hydrogen) atoms. The molecule has 5 nitrogen and oxygen atoms in total. The van der Waals surface area contributed by atoms with Gasteiger partial charge in [-0.25, -0.2) is 18.6 Å². The zero-order valence-electron chi connectivity index (χ0n) is 15.9. The minimum absolute atomic E-state index is 0.0514. The fraction of sp³-hybridized carbons (Fsp3) is 0.136. The van der Waals surface area contributed by atoms with Crippen LogP contribution in [0.25, 0.3) is 0 Å². The number of carboxylic acids is 1. The van der Waals surface area contributed by atoms with Gasteiger partial charge >= 0.3 is 5.97 Å². The number of rotatable bonds is 6. The van der Waals surface area contributed by atoms with E-state index in [-0.39, 0.29) is 24.3 Å². The summed E-state index contributed by atoms with van der Waals surface area (Å²) in [5.41, 5.74) is 1.84. The number of hydrogen-bond acceptors (Lipinski definition) is 3. The van der Waals surface area contributed by atoms with Gasteiger partial charge in [0.25, 0.3) is 5.91 Å². The molecule has 154 valence electrons. The van der Waals surface area contributed by atoms with Crippen LogP contribution in [-0.4, -0.2) is 26.9 Å². The molecule has 0 saturated heterocycles. The van der Waals surface area contributed by atoms with Crippen molar-refractivity contribution >= 4 is 23.5 Å². The van der Waals surface area contributed by atoms with Crippen LogP contribution in [0.2, 0.25) is 5.02 Å². The van der Waals surface area contributed by atoms with Crippen molar-refractivity contribution in [3.05, 3.63) is 99.3 Å². The van der Waals surface area contributed by atoms with Gasteiger partial charge in [-0.1, -0.05) is 29.8 Å². The minimum Gasteiger partial charge on any atom is -0.477 e. The molecular weight excluding hydrogens is 414 g/mol. The van der Waals surface area contributed by atoms with Crippen LogP contribution in [0, 0.1) is 18.6 Å². The Bertz CT molecular complexity index is 1080. The Morgan fingerprint density at radius 1 is 1.07 bits per heavy atom. The molecule has 1 N–H and O–H groups in total. The second kappa shape index (κ2) is 9.00. The third-order valence-electron chi connectivity index (χ3n) is 4.56. The third kappa shape index (κ3) is 4.99. The van der Waals surface area contributed by atoms with Crippen LogP contribution in [-0.2, 0) is 13.1 Å². The lowest BCUT2D eigenvalue weighted by Crippen LogP contribution is -2.30. The Labute approximate surface area is 176 Å². The Balaban J connectivity index is 1.95. The standard InChI is InChI=1S/C22H17ClF2N2O3/c1-13-15(3-2-4-19(13)23)12-27(11-14-5-6-20(22(29)30)26-10-14)21(28)16-7-17(24)9-18(25)8-16/h2-10H,11-12H2,1H3,(H,29,30). The first-order valence-corrected chi connectivity index (χ1v) is 9.30. The SMILES string of the molecule is Cc1c(Cl)cccc1CN(Cc1ccc(C(=O)O)nc1)C(=O)c1cc(F)cc(F)c1. The lowest BCUT2D eigenvalue weighted by molar-refractivity contribution is 0.0687. The molecule has 0 aliphatic rings. The van der Waals surface area contributed by atoms with Gasteiger partial charge in [0, 0.05) is 35.9 Å². The highest BCUT2D eigenvalue weighted by Crippen LogP contribution is 2.22. The summed E-state index contributed by atoms with van der Waals surface area (Å²) in [6.07, 6.45) is 1.35. The summed E-state index contributed by atoms with van der Waals surface area (Å²) in [6, 6.07) is 10.8. The lowest BCUT2D eigenvalue weighted by Gasteiger charge is -2.24. The first-order chi connectivity index (χ1) is 14.2. The molecule has 0 unspecified atom stereocenters. The Morgan fingerprint density at radius 2 is 1.77 bits per heavy atom. The van der Waals surface area contributed by atoms with E-state index in [1.165, 1.54) is 23.2 Å². The van der Waals surface area contributed by atoms with Gasteiger partial charge in [-0.2, -0.15) is 0 Å². The van der Waals surface area contributed by atoms with Gasteiger partial charge in [0.1, 0.15) is 17.3 Å². The molecule has 0 atom stereocenters. The Kier molecular flexibility index (Phi) is 6.42. The fourth-order valence-corrected chi connectivity index (χ4v) is 3.15. The van der Waals surface area contributed by atoms with Gasteiger partial charge in [-0.05, 0) is 47.9 Å². The van der Waals surface area contributed by atoms with Crippen molar-refractivity contribution in [2.45, 2.75) is 20.0 Å². The Morgan fingerprint density at radius 3 is 2.37 bits per heavy atom. The monoisotopic (exact) mass is 430 g/mol. The number of amides is 1. The van der Waals surface area contributed by atoms with E-state index < -0.39 is 23.5 Å². The second-order valence-corrected chi connectivity index (χ2v) is 7.11. The predicted molar refractivity (Wildman–Crippen MR) is 107 cm³/mol. The van der Waals surface area contributed by atoms with E-state index in [9.17, 15) is 18.4 Å². The Hall–Kier alpha value is -3.32. The highest BCUT2D eigenvalue weighted by molar-refractivity contribution is 6.31. The molecule has 0 aliphatic carbocycles. The average molecular weight is 431 g/mol. The van der Waals surface area contributed by atoms with Crippen molar-refractivity contribution in [2.24, 2.45) is 0 Å². The van der Waals surface area contributed by atoms with Gasteiger partial charge in [0.15, 0.2) is 0 Å². The molecule has 1 amide bonds. The van der Waals surface area contributed by atoms with Crippen LogP contribution in [0.15, 0.2) is 54.7 Å². The number of aromatic carboxylic acids is 1. The number of benzene rings is 2. The van der Waals surface area contributed by atoms with E-state index >= 15 is 0 Å². The van der Waals surface area contributed by atoms with Crippen LogP contribution < -0.4 is 0 Å². The number of carbonyl (C=O) groups excluding carboxylic acids is 1. The third-order valence-corrected chi connectivity index (χ3v) is 4.96. The number of carbonyl (C=O) groups is 2. The zero-order chi connectivity index (χ0) is 21.8. The van der Waals surface area contributed by atoms with Gasteiger partial charge in [-0.15, -0.1) is 0 Å². The first-order valence-electron chi connectivity index (χ1n) is 8.92. The second-order valence-electron chi connectivity index (χ2n) is 6.70. The molecular formula is C22H17ClF2N2O3. The molecule has 0 bridgehead atoms. The van der Waals surface area contributed by atoms with E-state index in [4.69, 9.17) is 16.7 Å². The van der Waals surface area contributed by atoms with Crippen molar-refractivity contribution < 1.29 is 23.5 Å². The molecule has 0 aliphatic heterocycles. The molecule has 3 aromatic rings. The molecule has 1 aromatic heterocycles. The van der Waals surface area contributed by atoms with Crippen LogP contribution >= 0.6 is 11.6 Å². The normalized spacial score (nSPS) is 10.7. The van der Waals surface area contributed by atoms with Crippen molar-refractivity contribution in [3.8, 4) is 0 Å². The molecule has 0 radical (unpaired) electrons. The van der Waals surface area contributed by atoms with E-state index in [2.05, 4.69) is 4.98 Å². The van der Waals surface area contributed by atoms with Gasteiger partial charge in [-0.3, -0.25) is 4.79 Å². The molecule has 8 heteroatoms. The summed E-state index contributed by atoms with van der Waals surface area (Å²) in [5, 5.41) is 9.52. The number of halogens is 3. The van der Waals surface area contributed by atoms with Gasteiger partial charge in [0.2, 0.25) is 0 Å². The summed E-state index contributed by atoms with van der Waals surface area (Å²) < 4.78 is 27.3. The maximum atomic E-state index is 13.6. The summed E-state index contributed by atoms with van der Waals surface area (Å²) >= 11 is 6.17. The summed E-state index contributed by atoms with van der Waals surface area (Å²) in [7, 11) is 0. The molecule has 0 saturated carbocycles. The van der Waals surface area contributed by atoms with E-state index in [1.807, 2.05) is 6.92 Å². The minimum atomic E-state index is -1.17. The predicted octanol–water partition coefficient (Wildman–Crippen LogP) is 4.86. The van der Waals surface area contributed by atoms with E-state index in [1.54, 1.807) is 18.2 Å².